The van der Waals surface area contributed by atoms with Gasteiger partial charge >= 0.3 is 0 Å². The molecule has 0 bridgehead atoms. The molecule has 3 nitrogen and oxygen atoms in total. The Hall–Kier alpha value is -3.73. The average Bonchev–Trinajstić information content (AvgIpc) is 3.19. The first-order valence-electron chi connectivity index (χ1n) is 9.10. The summed E-state index contributed by atoms with van der Waals surface area (Å²) in [4.78, 5) is 4.74. The van der Waals surface area contributed by atoms with Crippen LogP contribution in [-0.4, -0.2) is 11.8 Å². The van der Waals surface area contributed by atoms with Crippen LogP contribution >= 0.6 is 0 Å². The maximum Gasteiger partial charge on any atom is 0.231 e. The zero-order chi connectivity index (χ0) is 19.8. The summed E-state index contributed by atoms with van der Waals surface area (Å²) in [5, 5.41) is 0.901. The minimum Gasteiger partial charge on any atom is -0.454 e. The number of ether oxygens (including phenoxy) is 2. The monoisotopic (exact) mass is 387 g/mol. The van der Waals surface area contributed by atoms with Crippen LogP contribution in [-0.2, 0) is 0 Å². The highest BCUT2D eigenvalue weighted by Gasteiger charge is 2.17. The first kappa shape index (κ1) is 17.4. The van der Waals surface area contributed by atoms with Gasteiger partial charge in [-0.1, -0.05) is 24.3 Å². The molecule has 0 atom stereocenters. The van der Waals surface area contributed by atoms with Crippen molar-refractivity contribution in [1.82, 2.24) is 4.98 Å². The van der Waals surface area contributed by atoms with E-state index in [0.29, 0.717) is 11.5 Å². The van der Waals surface area contributed by atoms with Crippen LogP contribution in [0, 0.1) is 11.6 Å². The van der Waals surface area contributed by atoms with E-state index in [1.807, 2.05) is 30.4 Å². The number of aromatic nitrogens is 1. The summed E-state index contributed by atoms with van der Waals surface area (Å²) in [5.74, 6) is 0.747. The first-order chi connectivity index (χ1) is 14.2. The van der Waals surface area contributed by atoms with Gasteiger partial charge in [-0.25, -0.2) is 13.8 Å². The molecule has 5 rings (SSSR count). The third-order valence-corrected chi connectivity index (χ3v) is 4.80. The summed E-state index contributed by atoms with van der Waals surface area (Å²) in [5.41, 5.74) is 4.06. The Labute approximate surface area is 165 Å². The van der Waals surface area contributed by atoms with E-state index in [4.69, 9.17) is 14.5 Å². The Morgan fingerprint density at radius 2 is 1.41 bits per heavy atom. The number of hydrogen-bond acceptors (Lipinski definition) is 3. The van der Waals surface area contributed by atoms with Crippen molar-refractivity contribution in [2.24, 2.45) is 0 Å². The molecule has 0 fully saturated rings. The van der Waals surface area contributed by atoms with Gasteiger partial charge in [0, 0.05) is 17.0 Å². The topological polar surface area (TPSA) is 31.4 Å². The van der Waals surface area contributed by atoms with Gasteiger partial charge in [0.05, 0.1) is 11.2 Å². The number of rotatable bonds is 3. The van der Waals surface area contributed by atoms with Gasteiger partial charge in [-0.2, -0.15) is 0 Å². The predicted molar refractivity (Wildman–Crippen MR) is 109 cm³/mol. The lowest BCUT2D eigenvalue weighted by Crippen LogP contribution is -1.92. The molecule has 0 spiro atoms. The third-order valence-electron chi connectivity index (χ3n) is 4.80. The Balaban J connectivity index is 1.66. The van der Waals surface area contributed by atoms with E-state index in [9.17, 15) is 8.78 Å². The van der Waals surface area contributed by atoms with E-state index in [1.165, 1.54) is 24.3 Å². The number of benzene rings is 3. The molecule has 0 aliphatic carbocycles. The zero-order valence-corrected chi connectivity index (χ0v) is 15.2. The predicted octanol–water partition coefficient (Wildman–Crippen LogP) is 6.08. The van der Waals surface area contributed by atoms with E-state index in [0.717, 1.165) is 33.3 Å². The highest BCUT2D eigenvalue weighted by Crippen LogP contribution is 2.38. The lowest BCUT2D eigenvalue weighted by Gasteiger charge is -2.09. The highest BCUT2D eigenvalue weighted by molar-refractivity contribution is 5.94. The summed E-state index contributed by atoms with van der Waals surface area (Å²) >= 11 is 0. The normalized spacial score (nSPS) is 12.8. The number of halogens is 2. The molecule has 142 valence electrons. The second kappa shape index (κ2) is 7.02. The van der Waals surface area contributed by atoms with Gasteiger partial charge in [0.2, 0.25) is 6.79 Å². The molecular formula is C24H15F2NO2. The average molecular weight is 387 g/mol. The molecule has 5 heteroatoms. The number of hydrogen-bond donors (Lipinski definition) is 0. The second-order valence-corrected chi connectivity index (χ2v) is 6.71. The maximum absolute atomic E-state index is 13.3. The molecule has 0 unspecified atom stereocenters. The molecule has 0 radical (unpaired) electrons. The van der Waals surface area contributed by atoms with Crippen LogP contribution in [0.1, 0.15) is 11.1 Å². The van der Waals surface area contributed by atoms with Gasteiger partial charge in [-0.05, 0) is 59.7 Å². The van der Waals surface area contributed by atoms with E-state index in [1.54, 1.807) is 24.3 Å². The molecule has 0 amide bonds. The lowest BCUT2D eigenvalue weighted by atomic mass is 10.0. The Morgan fingerprint density at radius 1 is 0.759 bits per heavy atom. The molecule has 1 aromatic heterocycles. The van der Waals surface area contributed by atoms with E-state index < -0.39 is 0 Å². The Morgan fingerprint density at radius 3 is 2.14 bits per heavy atom. The second-order valence-electron chi connectivity index (χ2n) is 6.71. The smallest absolute Gasteiger partial charge is 0.231 e. The zero-order valence-electron chi connectivity index (χ0n) is 15.2. The quantitative estimate of drug-likeness (QED) is 0.427. The summed E-state index contributed by atoms with van der Waals surface area (Å²) in [7, 11) is 0. The standard InChI is InChI=1S/C24H15F2NO2/c25-18-7-2-15(3-8-18)1-4-17-11-21(16-5-9-19(26)10-6-16)27-22-13-24-23(12-20(17)22)28-14-29-24/h1-13H,14H2. The third kappa shape index (κ3) is 3.43. The molecule has 1 aliphatic heterocycles. The minimum atomic E-state index is -0.297. The molecule has 3 aromatic carbocycles. The molecule has 0 N–H and O–H groups in total. The van der Waals surface area contributed by atoms with Gasteiger partial charge in [0.25, 0.3) is 0 Å². The highest BCUT2D eigenvalue weighted by atomic mass is 19.1. The summed E-state index contributed by atoms with van der Waals surface area (Å²) in [6.07, 6.45) is 3.86. The summed E-state index contributed by atoms with van der Waals surface area (Å²) < 4.78 is 37.5. The van der Waals surface area contributed by atoms with E-state index in [2.05, 4.69) is 0 Å². The van der Waals surface area contributed by atoms with E-state index >= 15 is 0 Å². The van der Waals surface area contributed by atoms with Crippen molar-refractivity contribution >= 4 is 23.1 Å². The summed E-state index contributed by atoms with van der Waals surface area (Å²) in [6, 6.07) is 18.2. The van der Waals surface area contributed by atoms with Crippen molar-refractivity contribution in [1.29, 1.82) is 0 Å². The molecule has 4 aromatic rings. The first-order valence-corrected chi connectivity index (χ1v) is 9.10. The van der Waals surface area contributed by atoms with Crippen molar-refractivity contribution in [2.45, 2.75) is 0 Å². The van der Waals surface area contributed by atoms with Crippen molar-refractivity contribution in [3.05, 3.63) is 89.5 Å². The van der Waals surface area contributed by atoms with Crippen molar-refractivity contribution in [3.8, 4) is 22.8 Å². The van der Waals surface area contributed by atoms with Crippen LogP contribution in [0.5, 0.6) is 11.5 Å². The Kier molecular flexibility index (Phi) is 4.21. The molecular weight excluding hydrogens is 372 g/mol. The fourth-order valence-electron chi connectivity index (χ4n) is 3.31. The van der Waals surface area contributed by atoms with Crippen LogP contribution in [0.15, 0.2) is 66.7 Å². The van der Waals surface area contributed by atoms with E-state index in [-0.39, 0.29) is 18.4 Å². The molecule has 0 saturated carbocycles. The van der Waals surface area contributed by atoms with Crippen molar-refractivity contribution in [3.63, 3.8) is 0 Å². The van der Waals surface area contributed by atoms with Gasteiger partial charge in [0.1, 0.15) is 11.6 Å². The fraction of sp³-hybridized carbons (Fsp3) is 0.0417. The fourth-order valence-corrected chi connectivity index (χ4v) is 3.31. The number of pyridine rings is 1. The van der Waals surface area contributed by atoms with Crippen LogP contribution in [0.3, 0.4) is 0 Å². The van der Waals surface area contributed by atoms with Gasteiger partial charge in [0.15, 0.2) is 11.5 Å². The minimum absolute atomic E-state index is 0.178. The van der Waals surface area contributed by atoms with Crippen molar-refractivity contribution in [2.75, 3.05) is 6.79 Å². The SMILES string of the molecule is Fc1ccc(C=Cc2cc(-c3ccc(F)cc3)nc3cc4c(cc23)OCO4)cc1. The lowest BCUT2D eigenvalue weighted by molar-refractivity contribution is 0.174. The van der Waals surface area contributed by atoms with Crippen LogP contribution < -0.4 is 9.47 Å². The Bertz CT molecular complexity index is 1230. The molecule has 2 heterocycles. The van der Waals surface area contributed by atoms with Gasteiger partial charge < -0.3 is 9.47 Å². The molecule has 0 saturated heterocycles. The summed E-state index contributed by atoms with van der Waals surface area (Å²) in [6.45, 7) is 0.178. The van der Waals surface area contributed by atoms with Gasteiger partial charge in [-0.3, -0.25) is 0 Å². The number of nitrogens with zero attached hydrogens (tertiary/aromatic N) is 1. The van der Waals surface area contributed by atoms with Crippen LogP contribution in [0.4, 0.5) is 8.78 Å². The van der Waals surface area contributed by atoms with Crippen LogP contribution in [0.25, 0.3) is 34.3 Å². The van der Waals surface area contributed by atoms with Gasteiger partial charge in [-0.15, -0.1) is 0 Å². The van der Waals surface area contributed by atoms with Crippen LogP contribution in [0.2, 0.25) is 0 Å². The molecule has 1 aliphatic rings. The number of fused-ring (bicyclic) bond motifs is 2. The van der Waals surface area contributed by atoms with Crippen molar-refractivity contribution < 1.29 is 18.3 Å². The molecule has 29 heavy (non-hydrogen) atoms. The largest absolute Gasteiger partial charge is 0.454 e. The maximum atomic E-state index is 13.3.